The van der Waals surface area contributed by atoms with Gasteiger partial charge in [0.25, 0.3) is 16.8 Å². The number of phenolic OH excluding ortho intramolecular Hbond substituents is 1. The van der Waals surface area contributed by atoms with Gasteiger partial charge in [0.15, 0.2) is 5.75 Å². The molecule has 0 saturated carbocycles. The predicted octanol–water partition coefficient (Wildman–Crippen LogP) is 2.28. The summed E-state index contributed by atoms with van der Waals surface area (Å²) in [6.45, 7) is 7.98. The molecule has 2 rings (SSSR count). The number of amides is 1. The number of aromatic hydroxyl groups is 1. The first-order valence-corrected chi connectivity index (χ1v) is 8.35. The van der Waals surface area contributed by atoms with Gasteiger partial charge in [0.2, 0.25) is 0 Å². The quantitative estimate of drug-likeness (QED) is 0.560. The average molecular weight is 359 g/mol. The summed E-state index contributed by atoms with van der Waals surface area (Å²) in [5, 5.41) is 16.2. The second-order valence-electron chi connectivity index (χ2n) is 7.67. The minimum Gasteiger partial charge on any atom is -0.505 e. The Labute approximate surface area is 152 Å². The Kier molecular flexibility index (Phi) is 5.11. The van der Waals surface area contributed by atoms with Gasteiger partial charge in [0, 0.05) is 20.1 Å². The molecule has 140 valence electrons. The average Bonchev–Trinajstić information content (AvgIpc) is 2.57. The number of benzene rings is 1. The van der Waals surface area contributed by atoms with Crippen molar-refractivity contribution in [1.82, 2.24) is 4.90 Å². The molecule has 0 unspecified atom stereocenters. The molecule has 0 spiro atoms. The lowest BCUT2D eigenvalue weighted by molar-refractivity contribution is 0.0824. The van der Waals surface area contributed by atoms with Crippen LogP contribution in [0.1, 0.15) is 38.1 Å². The first-order chi connectivity index (χ1) is 11.9. The van der Waals surface area contributed by atoms with Gasteiger partial charge in [-0.1, -0.05) is 26.8 Å². The molecule has 0 radical (unpaired) electrons. The number of nitrogens with one attached hydrogen (secondary N) is 2. The van der Waals surface area contributed by atoms with Gasteiger partial charge in [0.1, 0.15) is 11.4 Å². The maximum atomic E-state index is 12.1. The second-order valence-corrected chi connectivity index (χ2v) is 7.67. The third-order valence-electron chi connectivity index (χ3n) is 4.50. The molecule has 3 N–H and O–H groups in total. The van der Waals surface area contributed by atoms with Crippen LogP contribution in [0.2, 0.25) is 0 Å². The van der Waals surface area contributed by atoms with Gasteiger partial charge in [-0.2, -0.15) is 0 Å². The van der Waals surface area contributed by atoms with Crippen LogP contribution in [-0.4, -0.2) is 36.1 Å². The van der Waals surface area contributed by atoms with Crippen molar-refractivity contribution < 1.29 is 9.90 Å². The standard InChI is InChI=1S/C19H25N3O4/c1-10(19(2,3)4)20-13-14(17(25)16(13)24)21-12-9-7-8-11(15(12)23)18(26)22(5)6/h7-10,20-21,23H,1-6H3/t10-/m1/s1. The number of phenols is 1. The van der Waals surface area contributed by atoms with E-state index in [2.05, 4.69) is 10.6 Å². The van der Waals surface area contributed by atoms with E-state index in [1.807, 2.05) is 27.7 Å². The van der Waals surface area contributed by atoms with E-state index in [1.165, 1.54) is 17.0 Å². The topological polar surface area (TPSA) is 98.7 Å². The van der Waals surface area contributed by atoms with Crippen molar-refractivity contribution >= 4 is 23.0 Å². The predicted molar refractivity (Wildman–Crippen MR) is 103 cm³/mol. The molecule has 0 aliphatic carbocycles. The van der Waals surface area contributed by atoms with Crippen LogP contribution >= 0.6 is 0 Å². The van der Waals surface area contributed by atoms with Gasteiger partial charge in [-0.3, -0.25) is 14.4 Å². The van der Waals surface area contributed by atoms with Gasteiger partial charge >= 0.3 is 0 Å². The van der Waals surface area contributed by atoms with E-state index >= 15 is 0 Å². The number of anilines is 3. The molecule has 0 aromatic heterocycles. The summed E-state index contributed by atoms with van der Waals surface area (Å²) >= 11 is 0. The van der Waals surface area contributed by atoms with Crippen LogP contribution < -0.4 is 21.5 Å². The minimum atomic E-state index is -0.655. The molecular weight excluding hydrogens is 334 g/mol. The fourth-order valence-corrected chi connectivity index (χ4v) is 2.27. The van der Waals surface area contributed by atoms with E-state index in [-0.39, 0.29) is 45.7 Å². The zero-order valence-electron chi connectivity index (χ0n) is 15.9. The van der Waals surface area contributed by atoms with Crippen LogP contribution in [0.25, 0.3) is 0 Å². The molecule has 0 saturated heterocycles. The molecule has 2 aromatic carbocycles. The lowest BCUT2D eigenvalue weighted by Crippen LogP contribution is -2.41. The largest absolute Gasteiger partial charge is 0.505 e. The van der Waals surface area contributed by atoms with Crippen molar-refractivity contribution in [1.29, 1.82) is 0 Å². The molecule has 7 nitrogen and oxygen atoms in total. The summed E-state index contributed by atoms with van der Waals surface area (Å²) in [6, 6.07) is 4.57. The number of rotatable bonds is 5. The summed E-state index contributed by atoms with van der Waals surface area (Å²) in [6.07, 6.45) is 0. The number of carbonyl (C=O) groups excluding carboxylic acids is 1. The molecule has 0 heterocycles. The summed E-state index contributed by atoms with van der Waals surface area (Å²) < 4.78 is 0. The van der Waals surface area contributed by atoms with Gasteiger partial charge < -0.3 is 20.6 Å². The monoisotopic (exact) mass is 359 g/mol. The number of carbonyl (C=O) groups is 1. The zero-order valence-corrected chi connectivity index (χ0v) is 15.9. The van der Waals surface area contributed by atoms with E-state index in [4.69, 9.17) is 0 Å². The molecule has 1 atom stereocenters. The molecule has 0 aliphatic rings. The zero-order chi connectivity index (χ0) is 19.8. The molecule has 2 aromatic rings. The van der Waals surface area contributed by atoms with E-state index in [0.29, 0.717) is 0 Å². The molecule has 0 bridgehead atoms. The highest BCUT2D eigenvalue weighted by Crippen LogP contribution is 2.32. The van der Waals surface area contributed by atoms with E-state index in [1.54, 1.807) is 20.2 Å². The Morgan fingerprint density at radius 1 is 1.12 bits per heavy atom. The Balaban J connectivity index is 2.35. The Bertz CT molecular complexity index is 903. The van der Waals surface area contributed by atoms with Crippen molar-refractivity contribution in [3.05, 3.63) is 44.2 Å². The lowest BCUT2D eigenvalue weighted by Gasteiger charge is -2.30. The third kappa shape index (κ3) is 3.56. The van der Waals surface area contributed by atoms with Crippen LogP contribution in [0.3, 0.4) is 0 Å². The fraction of sp³-hybridized carbons (Fsp3) is 0.421. The molecule has 26 heavy (non-hydrogen) atoms. The first-order valence-electron chi connectivity index (χ1n) is 8.35. The molecule has 0 fully saturated rings. The van der Waals surface area contributed by atoms with E-state index in [0.717, 1.165) is 0 Å². The van der Waals surface area contributed by atoms with Crippen molar-refractivity contribution in [2.24, 2.45) is 5.41 Å². The second kappa shape index (κ2) is 6.82. The van der Waals surface area contributed by atoms with E-state index in [9.17, 15) is 19.5 Å². The smallest absolute Gasteiger partial charge is 0.257 e. The molecule has 0 aliphatic heterocycles. The normalized spacial score (nSPS) is 12.7. The van der Waals surface area contributed by atoms with Crippen LogP contribution in [0, 0.1) is 5.41 Å². The highest BCUT2D eigenvalue weighted by atomic mass is 16.3. The summed E-state index contributed by atoms with van der Waals surface area (Å²) in [4.78, 5) is 37.4. The minimum absolute atomic E-state index is 0.0541. The van der Waals surface area contributed by atoms with Gasteiger partial charge in [-0.25, -0.2) is 0 Å². The maximum absolute atomic E-state index is 12.1. The Morgan fingerprint density at radius 3 is 2.23 bits per heavy atom. The van der Waals surface area contributed by atoms with Crippen LogP contribution in [0.5, 0.6) is 5.75 Å². The summed E-state index contributed by atoms with van der Waals surface area (Å²) in [5.74, 6) is -0.634. The number of para-hydroxylation sites is 1. The molecular formula is C19H25N3O4. The van der Waals surface area contributed by atoms with Gasteiger partial charge in [0.05, 0.1) is 11.3 Å². The van der Waals surface area contributed by atoms with Crippen molar-refractivity contribution in [3.63, 3.8) is 0 Å². The summed E-state index contributed by atoms with van der Waals surface area (Å²) in [5.41, 5.74) is -0.775. The lowest BCUT2D eigenvalue weighted by atomic mass is 9.87. The fourth-order valence-electron chi connectivity index (χ4n) is 2.27. The van der Waals surface area contributed by atoms with Crippen LogP contribution in [0.15, 0.2) is 27.8 Å². The first kappa shape index (κ1) is 19.5. The highest BCUT2D eigenvalue weighted by Gasteiger charge is 2.27. The Morgan fingerprint density at radius 2 is 1.69 bits per heavy atom. The Hall–Kier alpha value is -2.83. The van der Waals surface area contributed by atoms with E-state index < -0.39 is 10.9 Å². The van der Waals surface area contributed by atoms with Gasteiger partial charge in [-0.05, 0) is 24.5 Å². The number of hydrogen-bond donors (Lipinski definition) is 3. The molecule has 7 heteroatoms. The van der Waals surface area contributed by atoms with Gasteiger partial charge in [-0.15, -0.1) is 0 Å². The summed E-state index contributed by atoms with van der Waals surface area (Å²) in [7, 11) is 3.16. The number of nitrogens with zero attached hydrogens (tertiary/aromatic N) is 1. The van der Waals surface area contributed by atoms with Crippen molar-refractivity contribution in [3.8, 4) is 5.75 Å². The van der Waals surface area contributed by atoms with Crippen LogP contribution in [0.4, 0.5) is 17.1 Å². The molecule has 1 amide bonds. The highest BCUT2D eigenvalue weighted by molar-refractivity contribution is 5.99. The SMILES string of the molecule is C[C@@H](Nc1c(Nc2cccc(C(=O)N(C)C)c2O)c(=O)c1=O)C(C)(C)C. The maximum Gasteiger partial charge on any atom is 0.257 e. The number of hydrogen-bond acceptors (Lipinski definition) is 6. The third-order valence-corrected chi connectivity index (χ3v) is 4.50. The van der Waals surface area contributed by atoms with Crippen LogP contribution in [-0.2, 0) is 0 Å². The van der Waals surface area contributed by atoms with Crippen molar-refractivity contribution in [2.45, 2.75) is 33.7 Å². The van der Waals surface area contributed by atoms with Crippen molar-refractivity contribution in [2.75, 3.05) is 24.7 Å².